The van der Waals surface area contributed by atoms with Gasteiger partial charge in [-0.25, -0.2) is 9.78 Å². The second kappa shape index (κ2) is 5.13. The molecule has 104 valence electrons. The Balaban J connectivity index is 2.04. The molecule has 0 fully saturated rings. The fourth-order valence-corrected chi connectivity index (χ4v) is 2.15. The molecule has 0 spiro atoms. The van der Waals surface area contributed by atoms with Crippen LogP contribution in [0.5, 0.6) is 0 Å². The molecule has 5 heteroatoms. The first-order valence-corrected chi connectivity index (χ1v) is 6.38. The lowest BCUT2D eigenvalue weighted by Gasteiger charge is -2.09. The Morgan fingerprint density at radius 1 is 1.14 bits per heavy atom. The maximum Gasteiger partial charge on any atom is 0.335 e. The second-order valence-corrected chi connectivity index (χ2v) is 4.65. The fraction of sp³-hybridized carbons (Fsp3) is 0. The van der Waals surface area contributed by atoms with Crippen LogP contribution >= 0.6 is 0 Å². The highest BCUT2D eigenvalue weighted by Crippen LogP contribution is 2.26. The van der Waals surface area contributed by atoms with Gasteiger partial charge in [0.2, 0.25) is 0 Å². The normalized spacial score (nSPS) is 10.5. The first-order valence-electron chi connectivity index (χ1n) is 6.38. The van der Waals surface area contributed by atoms with Gasteiger partial charge in [0.25, 0.3) is 0 Å². The Morgan fingerprint density at radius 3 is 2.81 bits per heavy atom. The highest BCUT2D eigenvalue weighted by molar-refractivity contribution is 5.95. The third-order valence-electron chi connectivity index (χ3n) is 3.16. The summed E-state index contributed by atoms with van der Waals surface area (Å²) in [5.41, 5.74) is 7.35. The number of rotatable bonds is 3. The van der Waals surface area contributed by atoms with Crippen molar-refractivity contribution < 1.29 is 9.90 Å². The molecule has 0 unspecified atom stereocenters. The summed E-state index contributed by atoms with van der Waals surface area (Å²) < 4.78 is 0. The number of nitrogens with one attached hydrogen (secondary N) is 1. The molecule has 0 aliphatic heterocycles. The molecule has 0 bridgehead atoms. The SMILES string of the molecule is Nc1ccc2ccnc(Nc3cccc(C(=O)O)c3)c2c1. The van der Waals surface area contributed by atoms with Gasteiger partial charge >= 0.3 is 5.97 Å². The number of hydrogen-bond acceptors (Lipinski definition) is 4. The van der Waals surface area contributed by atoms with Gasteiger partial charge in [0.1, 0.15) is 5.82 Å². The summed E-state index contributed by atoms with van der Waals surface area (Å²) in [7, 11) is 0. The van der Waals surface area contributed by atoms with E-state index in [2.05, 4.69) is 10.3 Å². The Labute approximate surface area is 121 Å². The van der Waals surface area contributed by atoms with Crippen LogP contribution in [-0.2, 0) is 0 Å². The summed E-state index contributed by atoms with van der Waals surface area (Å²) >= 11 is 0. The second-order valence-electron chi connectivity index (χ2n) is 4.65. The number of aromatic nitrogens is 1. The molecule has 0 saturated heterocycles. The molecular weight excluding hydrogens is 266 g/mol. The van der Waals surface area contributed by atoms with Gasteiger partial charge < -0.3 is 16.2 Å². The van der Waals surface area contributed by atoms with Crippen LogP contribution in [0.2, 0.25) is 0 Å². The van der Waals surface area contributed by atoms with Crippen LogP contribution < -0.4 is 11.1 Å². The molecular formula is C16H13N3O2. The lowest BCUT2D eigenvalue weighted by atomic mass is 10.1. The third-order valence-corrected chi connectivity index (χ3v) is 3.16. The van der Waals surface area contributed by atoms with Crippen molar-refractivity contribution in [1.82, 2.24) is 4.98 Å². The van der Waals surface area contributed by atoms with Crippen LogP contribution in [0, 0.1) is 0 Å². The third kappa shape index (κ3) is 2.62. The standard InChI is InChI=1S/C16H13N3O2/c17-12-5-4-10-6-7-18-15(14(10)9-12)19-13-3-1-2-11(8-13)16(20)21/h1-9H,17H2,(H,18,19)(H,20,21). The van der Waals surface area contributed by atoms with Gasteiger partial charge in [0.15, 0.2) is 0 Å². The maximum absolute atomic E-state index is 11.0. The molecule has 1 aromatic heterocycles. The van der Waals surface area contributed by atoms with Crippen LogP contribution in [0.15, 0.2) is 54.7 Å². The van der Waals surface area contributed by atoms with Crippen molar-refractivity contribution in [3.8, 4) is 0 Å². The van der Waals surface area contributed by atoms with Gasteiger partial charge in [0, 0.05) is 23.0 Å². The molecule has 2 aromatic carbocycles. The zero-order chi connectivity index (χ0) is 14.8. The van der Waals surface area contributed by atoms with E-state index in [4.69, 9.17) is 10.8 Å². The van der Waals surface area contributed by atoms with E-state index in [1.807, 2.05) is 24.3 Å². The first-order chi connectivity index (χ1) is 10.1. The molecule has 0 amide bonds. The zero-order valence-electron chi connectivity index (χ0n) is 11.1. The predicted molar refractivity (Wildman–Crippen MR) is 82.8 cm³/mol. The number of nitrogen functional groups attached to an aromatic ring is 1. The average molecular weight is 279 g/mol. The lowest BCUT2D eigenvalue weighted by Crippen LogP contribution is -1.99. The predicted octanol–water partition coefficient (Wildman–Crippen LogP) is 3.26. The Hall–Kier alpha value is -3.08. The molecule has 4 N–H and O–H groups in total. The van der Waals surface area contributed by atoms with Gasteiger partial charge in [-0.1, -0.05) is 12.1 Å². The average Bonchev–Trinajstić information content (AvgIpc) is 2.48. The quantitative estimate of drug-likeness (QED) is 0.640. The highest BCUT2D eigenvalue weighted by atomic mass is 16.4. The van der Waals surface area contributed by atoms with E-state index in [9.17, 15) is 4.79 Å². The summed E-state index contributed by atoms with van der Waals surface area (Å²) in [6.07, 6.45) is 1.70. The van der Waals surface area contributed by atoms with Crippen LogP contribution in [-0.4, -0.2) is 16.1 Å². The van der Waals surface area contributed by atoms with Gasteiger partial charge in [-0.2, -0.15) is 0 Å². The van der Waals surface area contributed by atoms with Crippen LogP contribution in [0.3, 0.4) is 0 Å². The number of carboxylic acid groups (broad SMARTS) is 1. The highest BCUT2D eigenvalue weighted by Gasteiger charge is 2.06. The van der Waals surface area contributed by atoms with Crippen molar-refractivity contribution >= 4 is 33.9 Å². The molecule has 3 rings (SSSR count). The van der Waals surface area contributed by atoms with E-state index in [0.717, 1.165) is 10.8 Å². The summed E-state index contributed by atoms with van der Waals surface area (Å²) in [5.74, 6) is -0.323. The van der Waals surface area contributed by atoms with E-state index >= 15 is 0 Å². The molecule has 3 aromatic rings. The van der Waals surface area contributed by atoms with Crippen molar-refractivity contribution in [2.24, 2.45) is 0 Å². The van der Waals surface area contributed by atoms with E-state index < -0.39 is 5.97 Å². The molecule has 5 nitrogen and oxygen atoms in total. The summed E-state index contributed by atoms with van der Waals surface area (Å²) in [5, 5.41) is 14.1. The number of nitrogens with two attached hydrogens (primary N) is 1. The number of aromatic carboxylic acids is 1. The molecule has 0 aliphatic rings. The number of hydrogen-bond donors (Lipinski definition) is 3. The molecule has 0 radical (unpaired) electrons. The minimum absolute atomic E-state index is 0.222. The van der Waals surface area contributed by atoms with Gasteiger partial charge in [0.05, 0.1) is 5.56 Å². The van der Waals surface area contributed by atoms with E-state index in [-0.39, 0.29) is 5.56 Å². The lowest BCUT2D eigenvalue weighted by molar-refractivity contribution is 0.0697. The minimum Gasteiger partial charge on any atom is -0.478 e. The van der Waals surface area contributed by atoms with Gasteiger partial charge in [-0.15, -0.1) is 0 Å². The monoisotopic (exact) mass is 279 g/mol. The fourth-order valence-electron chi connectivity index (χ4n) is 2.15. The van der Waals surface area contributed by atoms with Crippen LogP contribution in [0.1, 0.15) is 10.4 Å². The number of benzene rings is 2. The largest absolute Gasteiger partial charge is 0.478 e. The molecule has 0 saturated carbocycles. The number of nitrogens with zero attached hydrogens (tertiary/aromatic N) is 1. The number of anilines is 3. The van der Waals surface area contributed by atoms with Crippen molar-refractivity contribution in [3.05, 3.63) is 60.3 Å². The van der Waals surface area contributed by atoms with E-state index in [0.29, 0.717) is 17.2 Å². The summed E-state index contributed by atoms with van der Waals surface area (Å²) in [6.45, 7) is 0. The summed E-state index contributed by atoms with van der Waals surface area (Å²) in [6, 6.07) is 14.1. The topological polar surface area (TPSA) is 88.2 Å². The molecule has 0 atom stereocenters. The van der Waals surface area contributed by atoms with Crippen molar-refractivity contribution in [2.45, 2.75) is 0 Å². The Kier molecular flexibility index (Phi) is 3.16. The number of pyridine rings is 1. The van der Waals surface area contributed by atoms with Crippen molar-refractivity contribution in [2.75, 3.05) is 11.1 Å². The molecule has 0 aliphatic carbocycles. The van der Waals surface area contributed by atoms with Gasteiger partial charge in [-0.05, 0) is 41.8 Å². The zero-order valence-corrected chi connectivity index (χ0v) is 11.1. The minimum atomic E-state index is -0.964. The maximum atomic E-state index is 11.0. The van der Waals surface area contributed by atoms with Crippen molar-refractivity contribution in [1.29, 1.82) is 0 Å². The Bertz CT molecular complexity index is 831. The van der Waals surface area contributed by atoms with Crippen molar-refractivity contribution in [3.63, 3.8) is 0 Å². The molecule has 21 heavy (non-hydrogen) atoms. The van der Waals surface area contributed by atoms with E-state index in [1.54, 1.807) is 30.5 Å². The Morgan fingerprint density at radius 2 is 2.00 bits per heavy atom. The summed E-state index contributed by atoms with van der Waals surface area (Å²) in [4.78, 5) is 15.3. The smallest absolute Gasteiger partial charge is 0.335 e. The molecule has 1 heterocycles. The van der Waals surface area contributed by atoms with Gasteiger partial charge in [-0.3, -0.25) is 0 Å². The van der Waals surface area contributed by atoms with E-state index in [1.165, 1.54) is 0 Å². The van der Waals surface area contributed by atoms with Crippen LogP contribution in [0.25, 0.3) is 10.8 Å². The van der Waals surface area contributed by atoms with Crippen LogP contribution in [0.4, 0.5) is 17.2 Å². The number of carbonyl (C=O) groups is 1. The number of carboxylic acids is 1. The number of fused-ring (bicyclic) bond motifs is 1. The first kappa shape index (κ1) is 12.9.